The number of halogens is 1. The third kappa shape index (κ3) is 2.91. The smallest absolute Gasteiger partial charge is 0.327 e. The highest BCUT2D eigenvalue weighted by molar-refractivity contribution is 5.91. The second kappa shape index (κ2) is 6.12. The Labute approximate surface area is 148 Å². The van der Waals surface area contributed by atoms with Gasteiger partial charge in [0.1, 0.15) is 11.6 Å². The summed E-state index contributed by atoms with van der Waals surface area (Å²) in [6, 6.07) is 7.52. The van der Waals surface area contributed by atoms with Crippen molar-refractivity contribution >= 4 is 11.7 Å². The van der Waals surface area contributed by atoms with E-state index >= 15 is 0 Å². The number of hydrogen-bond acceptors (Lipinski definition) is 4. The topological polar surface area (TPSA) is 89.3 Å². The molecule has 7 nitrogen and oxygen atoms in total. The number of H-pyrrole nitrogens is 2. The van der Waals surface area contributed by atoms with E-state index in [1.807, 2.05) is 9.80 Å². The molecule has 0 unspecified atom stereocenters. The van der Waals surface area contributed by atoms with Crippen molar-refractivity contribution in [2.24, 2.45) is 0 Å². The number of nitrogens with zero attached hydrogens (tertiary/aromatic N) is 2. The zero-order valence-corrected chi connectivity index (χ0v) is 14.1. The van der Waals surface area contributed by atoms with Gasteiger partial charge in [-0.1, -0.05) is 12.1 Å². The number of carbonyl (C=O) groups is 1. The average molecular weight is 358 g/mol. The second-order valence-electron chi connectivity index (χ2n) is 6.84. The molecule has 2 aliphatic rings. The van der Waals surface area contributed by atoms with Crippen LogP contribution in [0.15, 0.2) is 39.9 Å². The largest absolute Gasteiger partial charge is 0.354 e. The fourth-order valence-corrected chi connectivity index (χ4v) is 3.60. The highest BCUT2D eigenvalue weighted by atomic mass is 19.1. The van der Waals surface area contributed by atoms with Gasteiger partial charge >= 0.3 is 5.69 Å². The van der Waals surface area contributed by atoms with Crippen LogP contribution in [-0.4, -0.2) is 47.0 Å². The summed E-state index contributed by atoms with van der Waals surface area (Å²) in [7, 11) is 0. The molecule has 1 saturated carbocycles. The fourth-order valence-electron chi connectivity index (χ4n) is 3.60. The summed E-state index contributed by atoms with van der Waals surface area (Å²) in [5, 5.41) is 0. The molecule has 8 heteroatoms. The maximum absolute atomic E-state index is 13.2. The number of aromatic nitrogens is 2. The number of anilines is 1. The molecule has 2 N–H and O–H groups in total. The molecule has 1 aliphatic heterocycles. The lowest BCUT2D eigenvalue weighted by Gasteiger charge is -2.37. The minimum Gasteiger partial charge on any atom is -0.354 e. The average Bonchev–Trinajstić information content (AvgIpc) is 3.43. The normalized spacial score (nSPS) is 18.7. The van der Waals surface area contributed by atoms with Gasteiger partial charge in [0, 0.05) is 32.2 Å². The number of carbonyl (C=O) groups excluding carboxylic acids is 1. The van der Waals surface area contributed by atoms with Crippen LogP contribution in [0.2, 0.25) is 0 Å². The Bertz CT molecular complexity index is 910. The minimum absolute atomic E-state index is 0.0724. The molecule has 2 fully saturated rings. The van der Waals surface area contributed by atoms with Crippen molar-refractivity contribution in [3.8, 4) is 0 Å². The van der Waals surface area contributed by atoms with Crippen molar-refractivity contribution in [1.82, 2.24) is 14.9 Å². The summed E-state index contributed by atoms with van der Waals surface area (Å²) in [6.07, 6.45) is 1.55. The number of aromatic amines is 2. The van der Waals surface area contributed by atoms with Crippen LogP contribution in [0.1, 0.15) is 18.4 Å². The van der Waals surface area contributed by atoms with Gasteiger partial charge in [0.05, 0.1) is 5.41 Å². The standard InChI is InChI=1S/C18H19FN4O3/c19-13-3-1-12(2-4-13)18(5-6-18)16(25)23-9-7-22(8-10-23)14-11-15(24)21-17(26)20-14/h1-4,11H,5-10H2,(H2,20,21,24,26). The summed E-state index contributed by atoms with van der Waals surface area (Å²) in [4.78, 5) is 44.3. The van der Waals surface area contributed by atoms with E-state index in [-0.39, 0.29) is 11.7 Å². The van der Waals surface area contributed by atoms with Crippen LogP contribution in [-0.2, 0) is 10.2 Å². The lowest BCUT2D eigenvalue weighted by molar-refractivity contribution is -0.134. The van der Waals surface area contributed by atoms with Crippen molar-refractivity contribution in [1.29, 1.82) is 0 Å². The molecule has 1 aliphatic carbocycles. The zero-order valence-electron chi connectivity index (χ0n) is 14.1. The number of amides is 1. The SMILES string of the molecule is O=C(N1CCN(c2cc(=O)[nH]c(=O)[nH]2)CC1)C1(c2ccc(F)cc2)CC1. The van der Waals surface area contributed by atoms with Crippen LogP contribution in [0.5, 0.6) is 0 Å². The van der Waals surface area contributed by atoms with Crippen LogP contribution in [0, 0.1) is 5.82 Å². The third-order valence-corrected chi connectivity index (χ3v) is 5.21. The summed E-state index contributed by atoms with van der Waals surface area (Å²) in [6.45, 7) is 2.09. The first-order chi connectivity index (χ1) is 12.5. The van der Waals surface area contributed by atoms with Crippen molar-refractivity contribution in [2.75, 3.05) is 31.1 Å². The summed E-state index contributed by atoms with van der Waals surface area (Å²) in [5.74, 6) is 0.228. The predicted molar refractivity (Wildman–Crippen MR) is 93.8 cm³/mol. The van der Waals surface area contributed by atoms with Gasteiger partial charge in [-0.3, -0.25) is 19.6 Å². The molecule has 1 aromatic carbocycles. The van der Waals surface area contributed by atoms with E-state index in [0.717, 1.165) is 18.4 Å². The Kier molecular flexibility index (Phi) is 3.90. The van der Waals surface area contributed by atoms with Gasteiger partial charge in [-0.15, -0.1) is 0 Å². The quantitative estimate of drug-likeness (QED) is 0.840. The molecule has 0 bridgehead atoms. The third-order valence-electron chi connectivity index (χ3n) is 5.21. The number of nitrogens with one attached hydrogen (secondary N) is 2. The Morgan fingerprint density at radius 1 is 1.00 bits per heavy atom. The van der Waals surface area contributed by atoms with E-state index < -0.39 is 16.7 Å². The highest BCUT2D eigenvalue weighted by Gasteiger charge is 2.53. The van der Waals surface area contributed by atoms with Gasteiger partial charge in [-0.2, -0.15) is 0 Å². The summed E-state index contributed by atoms with van der Waals surface area (Å²) in [5.41, 5.74) is -0.645. The molecular formula is C18H19FN4O3. The first-order valence-electron chi connectivity index (χ1n) is 8.62. The molecule has 0 atom stereocenters. The van der Waals surface area contributed by atoms with E-state index in [0.29, 0.717) is 32.0 Å². The molecule has 1 saturated heterocycles. The van der Waals surface area contributed by atoms with E-state index in [1.165, 1.54) is 18.2 Å². The van der Waals surface area contributed by atoms with Crippen molar-refractivity contribution in [3.05, 3.63) is 62.6 Å². The number of rotatable bonds is 3. The molecular weight excluding hydrogens is 339 g/mol. The number of benzene rings is 1. The maximum atomic E-state index is 13.2. The van der Waals surface area contributed by atoms with Gasteiger partial charge < -0.3 is 9.80 Å². The first kappa shape index (κ1) is 16.6. The molecule has 2 heterocycles. The van der Waals surface area contributed by atoms with E-state index in [4.69, 9.17) is 0 Å². The van der Waals surface area contributed by atoms with E-state index in [9.17, 15) is 18.8 Å². The molecule has 0 spiro atoms. The molecule has 26 heavy (non-hydrogen) atoms. The maximum Gasteiger partial charge on any atom is 0.327 e. The fraction of sp³-hybridized carbons (Fsp3) is 0.389. The van der Waals surface area contributed by atoms with Gasteiger partial charge in [-0.05, 0) is 30.5 Å². The van der Waals surface area contributed by atoms with Crippen molar-refractivity contribution in [2.45, 2.75) is 18.3 Å². The molecule has 4 rings (SSSR count). The zero-order chi connectivity index (χ0) is 18.3. The number of hydrogen-bond donors (Lipinski definition) is 2. The first-order valence-corrected chi connectivity index (χ1v) is 8.62. The Morgan fingerprint density at radius 2 is 1.65 bits per heavy atom. The van der Waals surface area contributed by atoms with Crippen molar-refractivity contribution < 1.29 is 9.18 Å². The van der Waals surface area contributed by atoms with Crippen LogP contribution < -0.4 is 16.1 Å². The molecule has 1 aromatic heterocycles. The minimum atomic E-state index is -0.542. The Morgan fingerprint density at radius 3 is 2.23 bits per heavy atom. The predicted octanol–water partition coefficient (Wildman–Crippen LogP) is 0.583. The molecule has 136 valence electrons. The van der Waals surface area contributed by atoms with Gasteiger partial charge in [-0.25, -0.2) is 9.18 Å². The number of piperazine rings is 1. The Hall–Kier alpha value is -2.90. The van der Waals surface area contributed by atoms with Gasteiger partial charge in [0.25, 0.3) is 5.56 Å². The van der Waals surface area contributed by atoms with Crippen LogP contribution in [0.25, 0.3) is 0 Å². The van der Waals surface area contributed by atoms with Crippen LogP contribution in [0.3, 0.4) is 0 Å². The van der Waals surface area contributed by atoms with Crippen LogP contribution in [0.4, 0.5) is 10.2 Å². The van der Waals surface area contributed by atoms with E-state index in [1.54, 1.807) is 12.1 Å². The summed E-state index contributed by atoms with van der Waals surface area (Å²) >= 11 is 0. The van der Waals surface area contributed by atoms with Crippen LogP contribution >= 0.6 is 0 Å². The second-order valence-corrected chi connectivity index (χ2v) is 6.84. The highest BCUT2D eigenvalue weighted by Crippen LogP contribution is 2.49. The molecule has 1 amide bonds. The lowest BCUT2D eigenvalue weighted by Crippen LogP contribution is -2.52. The van der Waals surface area contributed by atoms with Crippen molar-refractivity contribution in [3.63, 3.8) is 0 Å². The van der Waals surface area contributed by atoms with Gasteiger partial charge in [0.2, 0.25) is 5.91 Å². The lowest BCUT2D eigenvalue weighted by atomic mass is 9.94. The summed E-state index contributed by atoms with van der Waals surface area (Å²) < 4.78 is 13.2. The monoisotopic (exact) mass is 358 g/mol. The molecule has 0 radical (unpaired) electrons. The van der Waals surface area contributed by atoms with Gasteiger partial charge in [0.15, 0.2) is 0 Å². The molecule has 2 aromatic rings. The Balaban J connectivity index is 1.46. The van der Waals surface area contributed by atoms with E-state index in [2.05, 4.69) is 9.97 Å².